The van der Waals surface area contributed by atoms with Crippen LogP contribution in [0.4, 0.5) is 0 Å². The number of ether oxygens (including phenoxy) is 1. The molecule has 2 atom stereocenters. The van der Waals surface area contributed by atoms with Crippen molar-refractivity contribution in [1.82, 2.24) is 10.2 Å². The first-order valence-electron chi connectivity index (χ1n) is 8.29. The van der Waals surface area contributed by atoms with Crippen LogP contribution < -0.4 is 5.32 Å². The van der Waals surface area contributed by atoms with E-state index in [1.165, 1.54) is 0 Å². The highest BCUT2D eigenvalue weighted by molar-refractivity contribution is 5.99. The molecule has 5 heteroatoms. The minimum Gasteiger partial charge on any atom is -0.378 e. The second-order valence-electron chi connectivity index (χ2n) is 6.20. The lowest BCUT2D eigenvalue weighted by atomic mass is 9.85. The van der Waals surface area contributed by atoms with Gasteiger partial charge in [-0.25, -0.2) is 0 Å². The summed E-state index contributed by atoms with van der Waals surface area (Å²) >= 11 is 0. The summed E-state index contributed by atoms with van der Waals surface area (Å²) in [5, 5.41) is 2.83. The standard InChI is InChI=1S/C16H28N2O3/c1-4-16(5-2)15(20)17-12(3)14(19)18(16)10-6-8-13-9-7-11-21-13/h12-13H,4-11H2,1-3H3,(H,17,20). The van der Waals surface area contributed by atoms with Crippen molar-refractivity contribution in [2.24, 2.45) is 0 Å². The van der Waals surface area contributed by atoms with Crippen LogP contribution in [0.15, 0.2) is 0 Å². The van der Waals surface area contributed by atoms with Crippen LogP contribution in [-0.2, 0) is 14.3 Å². The van der Waals surface area contributed by atoms with Crippen LogP contribution in [0.25, 0.3) is 0 Å². The highest BCUT2D eigenvalue weighted by Crippen LogP contribution is 2.29. The first-order chi connectivity index (χ1) is 10.0. The van der Waals surface area contributed by atoms with E-state index >= 15 is 0 Å². The quantitative estimate of drug-likeness (QED) is 0.814. The zero-order valence-electron chi connectivity index (χ0n) is 13.5. The van der Waals surface area contributed by atoms with E-state index in [4.69, 9.17) is 4.74 Å². The lowest BCUT2D eigenvalue weighted by Crippen LogP contribution is -2.69. The van der Waals surface area contributed by atoms with Crippen molar-refractivity contribution < 1.29 is 14.3 Å². The Morgan fingerprint density at radius 2 is 2.05 bits per heavy atom. The molecule has 2 heterocycles. The maximum Gasteiger partial charge on any atom is 0.246 e. The van der Waals surface area contributed by atoms with Crippen molar-refractivity contribution in [3.8, 4) is 0 Å². The fraction of sp³-hybridized carbons (Fsp3) is 0.875. The zero-order valence-corrected chi connectivity index (χ0v) is 13.5. The van der Waals surface area contributed by atoms with Gasteiger partial charge in [-0.3, -0.25) is 9.59 Å². The lowest BCUT2D eigenvalue weighted by Gasteiger charge is -2.47. The largest absolute Gasteiger partial charge is 0.378 e. The Kier molecular flexibility index (Phi) is 5.25. The molecule has 5 nitrogen and oxygen atoms in total. The molecule has 2 fully saturated rings. The highest BCUT2D eigenvalue weighted by atomic mass is 16.5. The van der Waals surface area contributed by atoms with Gasteiger partial charge < -0.3 is 15.0 Å². The fourth-order valence-corrected chi connectivity index (χ4v) is 3.59. The van der Waals surface area contributed by atoms with Crippen LogP contribution in [0, 0.1) is 0 Å². The molecule has 0 aromatic rings. The molecule has 0 aliphatic carbocycles. The van der Waals surface area contributed by atoms with E-state index in [1.807, 2.05) is 18.7 Å². The second kappa shape index (κ2) is 6.77. The van der Waals surface area contributed by atoms with Gasteiger partial charge in [0.1, 0.15) is 11.6 Å². The van der Waals surface area contributed by atoms with E-state index in [0.29, 0.717) is 25.5 Å². The van der Waals surface area contributed by atoms with Gasteiger partial charge >= 0.3 is 0 Å². The summed E-state index contributed by atoms with van der Waals surface area (Å²) in [5.41, 5.74) is -0.667. The van der Waals surface area contributed by atoms with Crippen molar-refractivity contribution in [2.45, 2.75) is 77.0 Å². The van der Waals surface area contributed by atoms with Crippen molar-refractivity contribution in [3.63, 3.8) is 0 Å². The average Bonchev–Trinajstić information content (AvgIpc) is 2.98. The fourth-order valence-electron chi connectivity index (χ4n) is 3.59. The molecule has 1 N–H and O–H groups in total. The molecule has 2 rings (SSSR count). The molecule has 0 radical (unpaired) electrons. The molecule has 2 saturated heterocycles. The third-order valence-electron chi connectivity index (χ3n) is 5.02. The van der Waals surface area contributed by atoms with Gasteiger partial charge in [0.05, 0.1) is 6.10 Å². The van der Waals surface area contributed by atoms with Gasteiger partial charge in [0.25, 0.3) is 0 Å². The number of carbonyl (C=O) groups excluding carboxylic acids is 2. The Morgan fingerprint density at radius 3 is 2.62 bits per heavy atom. The lowest BCUT2D eigenvalue weighted by molar-refractivity contribution is -0.158. The topological polar surface area (TPSA) is 58.6 Å². The molecule has 0 saturated carbocycles. The Labute approximate surface area is 127 Å². The summed E-state index contributed by atoms with van der Waals surface area (Å²) in [6, 6.07) is -0.411. The second-order valence-corrected chi connectivity index (χ2v) is 6.20. The first kappa shape index (κ1) is 16.3. The smallest absolute Gasteiger partial charge is 0.246 e. The molecular formula is C16H28N2O3. The number of hydrogen-bond acceptors (Lipinski definition) is 3. The number of hydrogen-bond donors (Lipinski definition) is 1. The van der Waals surface area contributed by atoms with Crippen LogP contribution >= 0.6 is 0 Å². The monoisotopic (exact) mass is 296 g/mol. The van der Waals surface area contributed by atoms with Gasteiger partial charge in [-0.2, -0.15) is 0 Å². The summed E-state index contributed by atoms with van der Waals surface area (Å²) < 4.78 is 5.63. The summed E-state index contributed by atoms with van der Waals surface area (Å²) in [6.45, 7) is 7.25. The minimum atomic E-state index is -0.667. The number of piperazine rings is 1. The summed E-state index contributed by atoms with van der Waals surface area (Å²) in [7, 11) is 0. The van der Waals surface area contributed by atoms with Gasteiger partial charge in [0.15, 0.2) is 0 Å². The Hall–Kier alpha value is -1.10. The molecule has 2 aliphatic rings. The summed E-state index contributed by atoms with van der Waals surface area (Å²) in [6.07, 6.45) is 5.80. The van der Waals surface area contributed by atoms with Gasteiger partial charge in [-0.15, -0.1) is 0 Å². The number of nitrogens with one attached hydrogen (secondary N) is 1. The number of carbonyl (C=O) groups is 2. The van der Waals surface area contributed by atoms with Crippen LogP contribution in [-0.4, -0.2) is 47.6 Å². The molecule has 2 amide bonds. The predicted octanol–water partition coefficient (Wildman–Crippen LogP) is 1.85. The van der Waals surface area contributed by atoms with Gasteiger partial charge in [0.2, 0.25) is 11.8 Å². The van der Waals surface area contributed by atoms with Crippen molar-refractivity contribution in [1.29, 1.82) is 0 Å². The van der Waals surface area contributed by atoms with Crippen molar-refractivity contribution >= 4 is 11.8 Å². The zero-order chi connectivity index (χ0) is 15.5. The first-order valence-corrected chi connectivity index (χ1v) is 8.29. The Morgan fingerprint density at radius 1 is 1.33 bits per heavy atom. The highest BCUT2D eigenvalue weighted by Gasteiger charge is 2.48. The Bertz CT molecular complexity index is 387. The van der Waals surface area contributed by atoms with Gasteiger partial charge in [-0.05, 0) is 45.4 Å². The number of rotatable bonds is 6. The van der Waals surface area contributed by atoms with E-state index < -0.39 is 11.6 Å². The van der Waals surface area contributed by atoms with E-state index in [0.717, 1.165) is 32.3 Å². The molecular weight excluding hydrogens is 268 g/mol. The SMILES string of the molecule is CCC1(CC)C(=O)NC(C)C(=O)N1CCCC1CCCO1. The normalized spacial score (nSPS) is 28.8. The molecule has 0 spiro atoms. The van der Waals surface area contributed by atoms with Crippen LogP contribution in [0.2, 0.25) is 0 Å². The van der Waals surface area contributed by atoms with Crippen molar-refractivity contribution in [3.05, 3.63) is 0 Å². The molecule has 21 heavy (non-hydrogen) atoms. The van der Waals surface area contributed by atoms with E-state index in [2.05, 4.69) is 5.32 Å². The van der Waals surface area contributed by atoms with Crippen LogP contribution in [0.1, 0.15) is 59.3 Å². The third-order valence-corrected chi connectivity index (χ3v) is 5.02. The Balaban J connectivity index is 2.03. The predicted molar refractivity (Wildman–Crippen MR) is 80.8 cm³/mol. The van der Waals surface area contributed by atoms with E-state index in [-0.39, 0.29) is 11.8 Å². The van der Waals surface area contributed by atoms with Crippen LogP contribution in [0.5, 0.6) is 0 Å². The maximum absolute atomic E-state index is 12.5. The van der Waals surface area contributed by atoms with E-state index in [1.54, 1.807) is 6.92 Å². The molecule has 2 aliphatic heterocycles. The molecule has 2 unspecified atom stereocenters. The summed E-state index contributed by atoms with van der Waals surface area (Å²) in [5.74, 6) is 0.0438. The number of nitrogens with zero attached hydrogens (tertiary/aromatic N) is 1. The summed E-state index contributed by atoms with van der Waals surface area (Å²) in [4.78, 5) is 26.8. The third kappa shape index (κ3) is 3.07. The maximum atomic E-state index is 12.5. The molecule has 120 valence electrons. The van der Waals surface area contributed by atoms with Crippen LogP contribution in [0.3, 0.4) is 0 Å². The average molecular weight is 296 g/mol. The molecule has 0 aromatic heterocycles. The molecule has 0 aromatic carbocycles. The van der Waals surface area contributed by atoms with Crippen molar-refractivity contribution in [2.75, 3.05) is 13.2 Å². The minimum absolute atomic E-state index is 0.00304. The van der Waals surface area contributed by atoms with Gasteiger partial charge in [-0.1, -0.05) is 13.8 Å². The van der Waals surface area contributed by atoms with E-state index in [9.17, 15) is 9.59 Å². The van der Waals surface area contributed by atoms with Gasteiger partial charge in [0, 0.05) is 13.2 Å². The number of amides is 2. The molecule has 0 bridgehead atoms.